The number of carbonyl (C=O) groups is 1. The molecular formula is C24H26O6. The van der Waals surface area contributed by atoms with Gasteiger partial charge in [0.05, 0.1) is 32.8 Å². The normalized spacial score (nSPS) is 18.8. The Kier molecular flexibility index (Phi) is 5.33. The summed E-state index contributed by atoms with van der Waals surface area (Å²) in [6, 6.07) is 7.20. The number of rotatable bonds is 5. The third-order valence-electron chi connectivity index (χ3n) is 5.59. The van der Waals surface area contributed by atoms with Gasteiger partial charge < -0.3 is 23.7 Å². The molecule has 6 nitrogen and oxygen atoms in total. The van der Waals surface area contributed by atoms with Crippen molar-refractivity contribution in [1.29, 1.82) is 0 Å². The Balaban J connectivity index is 1.81. The van der Waals surface area contributed by atoms with Crippen molar-refractivity contribution in [2.45, 2.75) is 32.3 Å². The van der Waals surface area contributed by atoms with Gasteiger partial charge >= 0.3 is 0 Å². The molecule has 2 aromatic rings. The molecule has 0 aliphatic carbocycles. The van der Waals surface area contributed by atoms with Crippen LogP contribution in [0.25, 0.3) is 0 Å². The Bertz CT molecular complexity index is 1020. The molecule has 0 radical (unpaired) electrons. The molecule has 0 aromatic heterocycles. The standard InChI is InChI=1S/C24H26O6/c1-13(2)6-7-14-17(26-3)9-8-15-23(25)22-16-10-19(27-4)20(28-5)11-18(16)29-12-21(22)30-24(14)15/h6,8-11,21-22H,7,12H2,1-5H3/t21-,22-/m1/s1. The van der Waals surface area contributed by atoms with Crippen molar-refractivity contribution in [2.24, 2.45) is 0 Å². The van der Waals surface area contributed by atoms with Crippen LogP contribution in [0.5, 0.6) is 28.7 Å². The van der Waals surface area contributed by atoms with Crippen LogP contribution < -0.4 is 23.7 Å². The molecule has 2 aromatic carbocycles. The molecule has 158 valence electrons. The summed E-state index contributed by atoms with van der Waals surface area (Å²) >= 11 is 0. The molecule has 0 fully saturated rings. The van der Waals surface area contributed by atoms with Crippen LogP contribution in [0.4, 0.5) is 0 Å². The predicted molar refractivity (Wildman–Crippen MR) is 113 cm³/mol. The number of fused-ring (bicyclic) bond motifs is 4. The highest BCUT2D eigenvalue weighted by Crippen LogP contribution is 2.48. The molecule has 0 amide bonds. The number of ketones is 1. The Morgan fingerprint density at radius 2 is 1.77 bits per heavy atom. The van der Waals surface area contributed by atoms with E-state index in [9.17, 15) is 4.79 Å². The van der Waals surface area contributed by atoms with Crippen LogP contribution in [0, 0.1) is 0 Å². The molecule has 2 atom stereocenters. The van der Waals surface area contributed by atoms with Crippen LogP contribution in [-0.2, 0) is 6.42 Å². The van der Waals surface area contributed by atoms with E-state index in [4.69, 9.17) is 23.7 Å². The number of hydrogen-bond acceptors (Lipinski definition) is 6. The summed E-state index contributed by atoms with van der Waals surface area (Å²) in [6.45, 7) is 4.35. The largest absolute Gasteiger partial charge is 0.496 e. The van der Waals surface area contributed by atoms with Crippen molar-refractivity contribution in [1.82, 2.24) is 0 Å². The molecule has 2 aliphatic rings. The van der Waals surface area contributed by atoms with E-state index in [1.165, 1.54) is 5.57 Å². The number of carbonyl (C=O) groups excluding carboxylic acids is 1. The van der Waals surface area contributed by atoms with E-state index in [0.29, 0.717) is 40.7 Å². The Hall–Kier alpha value is -3.15. The van der Waals surface area contributed by atoms with Crippen molar-refractivity contribution in [3.63, 3.8) is 0 Å². The average Bonchev–Trinajstić information content (AvgIpc) is 2.75. The predicted octanol–water partition coefficient (Wildman–Crippen LogP) is 4.34. The van der Waals surface area contributed by atoms with Gasteiger partial charge in [-0.05, 0) is 38.5 Å². The average molecular weight is 410 g/mol. The number of hydrogen-bond donors (Lipinski definition) is 0. The lowest BCUT2D eigenvalue weighted by Crippen LogP contribution is -2.43. The quantitative estimate of drug-likeness (QED) is 0.684. The zero-order chi connectivity index (χ0) is 21.4. The zero-order valence-electron chi connectivity index (χ0n) is 17.9. The van der Waals surface area contributed by atoms with E-state index in [1.54, 1.807) is 33.5 Å². The molecule has 0 saturated carbocycles. The summed E-state index contributed by atoms with van der Waals surface area (Å²) in [5, 5.41) is 0. The number of allylic oxidation sites excluding steroid dienone is 2. The smallest absolute Gasteiger partial charge is 0.178 e. The number of benzene rings is 2. The molecule has 0 bridgehead atoms. The van der Waals surface area contributed by atoms with E-state index in [0.717, 1.165) is 11.1 Å². The van der Waals surface area contributed by atoms with Gasteiger partial charge in [0.1, 0.15) is 30.0 Å². The van der Waals surface area contributed by atoms with Crippen LogP contribution in [0.15, 0.2) is 35.9 Å². The Labute approximate surface area is 176 Å². The Morgan fingerprint density at radius 3 is 2.43 bits per heavy atom. The molecule has 2 aliphatic heterocycles. The molecule has 6 heteroatoms. The third-order valence-corrected chi connectivity index (χ3v) is 5.59. The first kappa shape index (κ1) is 20.1. The highest BCUT2D eigenvalue weighted by Gasteiger charge is 2.44. The third kappa shape index (κ3) is 3.26. The van der Waals surface area contributed by atoms with Crippen LogP contribution in [0.3, 0.4) is 0 Å². The Morgan fingerprint density at radius 1 is 1.07 bits per heavy atom. The van der Waals surface area contributed by atoms with Crippen LogP contribution in [-0.4, -0.2) is 39.8 Å². The van der Waals surface area contributed by atoms with E-state index >= 15 is 0 Å². The lowest BCUT2D eigenvalue weighted by atomic mass is 9.81. The maximum Gasteiger partial charge on any atom is 0.178 e. The molecule has 30 heavy (non-hydrogen) atoms. The fourth-order valence-corrected chi connectivity index (χ4v) is 4.07. The van der Waals surface area contributed by atoms with Gasteiger partial charge in [-0.25, -0.2) is 0 Å². The number of Topliss-reactive ketones (excluding diaryl/α,β-unsaturated/α-hetero) is 1. The second-order valence-corrected chi connectivity index (χ2v) is 7.66. The van der Waals surface area contributed by atoms with Gasteiger partial charge in [-0.2, -0.15) is 0 Å². The minimum Gasteiger partial charge on any atom is -0.496 e. The molecule has 0 unspecified atom stereocenters. The van der Waals surface area contributed by atoms with Gasteiger partial charge in [0.15, 0.2) is 17.3 Å². The maximum absolute atomic E-state index is 13.6. The SMILES string of the molecule is COc1cc2c(cc1OC)[C@H]1C(=O)c3ccc(OC)c(CC=C(C)C)c3O[C@@H]1CO2. The van der Waals surface area contributed by atoms with Crippen molar-refractivity contribution in [3.8, 4) is 28.7 Å². The fourth-order valence-electron chi connectivity index (χ4n) is 4.07. The molecule has 2 heterocycles. The van der Waals surface area contributed by atoms with Gasteiger partial charge in [-0.1, -0.05) is 11.6 Å². The van der Waals surface area contributed by atoms with E-state index in [-0.39, 0.29) is 12.4 Å². The summed E-state index contributed by atoms with van der Waals surface area (Å²) < 4.78 is 28.7. The first-order chi connectivity index (χ1) is 14.5. The second-order valence-electron chi connectivity index (χ2n) is 7.66. The molecule has 0 N–H and O–H groups in total. The summed E-state index contributed by atoms with van der Waals surface area (Å²) in [5.41, 5.74) is 3.38. The van der Waals surface area contributed by atoms with Crippen LogP contribution in [0.1, 0.15) is 41.3 Å². The van der Waals surface area contributed by atoms with Gasteiger partial charge in [-0.3, -0.25) is 4.79 Å². The fraction of sp³-hybridized carbons (Fsp3) is 0.375. The van der Waals surface area contributed by atoms with Gasteiger partial charge in [0.2, 0.25) is 0 Å². The van der Waals surface area contributed by atoms with Crippen LogP contribution >= 0.6 is 0 Å². The molecule has 0 saturated heterocycles. The minimum atomic E-state index is -0.467. The molecule has 4 rings (SSSR count). The van der Waals surface area contributed by atoms with E-state index < -0.39 is 12.0 Å². The second kappa shape index (κ2) is 7.94. The van der Waals surface area contributed by atoms with Crippen LogP contribution in [0.2, 0.25) is 0 Å². The first-order valence-electron chi connectivity index (χ1n) is 9.91. The molecular weight excluding hydrogens is 384 g/mol. The lowest BCUT2D eigenvalue weighted by Gasteiger charge is -2.38. The minimum absolute atomic E-state index is 0.0131. The van der Waals surface area contributed by atoms with E-state index in [2.05, 4.69) is 6.08 Å². The summed E-state index contributed by atoms with van der Waals surface area (Å²) in [7, 11) is 4.77. The van der Waals surface area contributed by atoms with Crippen molar-refractivity contribution >= 4 is 5.78 Å². The zero-order valence-corrected chi connectivity index (χ0v) is 17.9. The summed E-state index contributed by atoms with van der Waals surface area (Å²) in [4.78, 5) is 13.6. The molecule has 0 spiro atoms. The number of methoxy groups -OCH3 is 3. The van der Waals surface area contributed by atoms with Gasteiger partial charge in [-0.15, -0.1) is 0 Å². The van der Waals surface area contributed by atoms with E-state index in [1.807, 2.05) is 26.0 Å². The van der Waals surface area contributed by atoms with Crippen molar-refractivity contribution in [3.05, 3.63) is 52.6 Å². The highest BCUT2D eigenvalue weighted by atomic mass is 16.5. The highest BCUT2D eigenvalue weighted by molar-refractivity contribution is 6.05. The van der Waals surface area contributed by atoms with Crippen molar-refractivity contribution < 1.29 is 28.5 Å². The maximum atomic E-state index is 13.6. The van der Waals surface area contributed by atoms with Gasteiger partial charge in [0.25, 0.3) is 0 Å². The topological polar surface area (TPSA) is 63.2 Å². The van der Waals surface area contributed by atoms with Gasteiger partial charge in [0, 0.05) is 17.2 Å². The lowest BCUT2D eigenvalue weighted by molar-refractivity contribution is 0.0553. The first-order valence-corrected chi connectivity index (χ1v) is 9.91. The number of ether oxygens (including phenoxy) is 5. The van der Waals surface area contributed by atoms with Crippen molar-refractivity contribution in [2.75, 3.05) is 27.9 Å². The monoisotopic (exact) mass is 410 g/mol. The summed E-state index contributed by atoms with van der Waals surface area (Å²) in [6.07, 6.45) is 2.30. The summed E-state index contributed by atoms with van der Waals surface area (Å²) in [5.74, 6) is 2.58.